The summed E-state index contributed by atoms with van der Waals surface area (Å²) in [5.74, 6) is 1.01. The van der Waals surface area contributed by atoms with Gasteiger partial charge >= 0.3 is 0 Å². The topological polar surface area (TPSA) is 24.5 Å². The Morgan fingerprint density at radius 2 is 1.90 bits per heavy atom. The van der Waals surface area contributed by atoms with Crippen LogP contribution >= 0.6 is 0 Å². The first-order valence-electron chi connectivity index (χ1n) is 7.70. The van der Waals surface area contributed by atoms with Crippen LogP contribution in [-0.4, -0.2) is 19.7 Å². The van der Waals surface area contributed by atoms with E-state index in [1.165, 1.54) is 16.8 Å². The van der Waals surface area contributed by atoms with Gasteiger partial charge in [-0.3, -0.25) is 0 Å². The van der Waals surface area contributed by atoms with Gasteiger partial charge in [0.2, 0.25) is 0 Å². The van der Waals surface area contributed by atoms with Crippen molar-refractivity contribution in [3.05, 3.63) is 59.7 Å². The summed E-state index contributed by atoms with van der Waals surface area (Å²) in [5, 5.41) is 3.56. The number of hydrogen-bond donors (Lipinski definition) is 1. The maximum absolute atomic E-state index is 5.90. The second kappa shape index (κ2) is 5.41. The highest BCUT2D eigenvalue weighted by Crippen LogP contribution is 2.37. The third-order valence-corrected chi connectivity index (χ3v) is 4.42. The van der Waals surface area contributed by atoms with E-state index in [0.29, 0.717) is 6.04 Å². The van der Waals surface area contributed by atoms with Crippen LogP contribution in [-0.2, 0) is 6.54 Å². The van der Waals surface area contributed by atoms with Crippen molar-refractivity contribution >= 4 is 5.69 Å². The lowest BCUT2D eigenvalue weighted by molar-refractivity contribution is 0.322. The van der Waals surface area contributed by atoms with Crippen LogP contribution in [0.25, 0.3) is 0 Å². The van der Waals surface area contributed by atoms with Crippen LogP contribution in [0.4, 0.5) is 5.69 Å². The maximum atomic E-state index is 5.90. The largest absolute Gasteiger partial charge is 0.491 e. The van der Waals surface area contributed by atoms with Crippen LogP contribution in [0.2, 0.25) is 0 Å². The molecule has 2 aliphatic rings. The Balaban J connectivity index is 1.77. The SMILES string of the molecule is c1ccc2c(c1)CNCC2N1CCCOc2ccccc21. The fraction of sp³-hybridized carbons (Fsp3) is 0.333. The van der Waals surface area contributed by atoms with E-state index in [4.69, 9.17) is 4.74 Å². The molecule has 0 amide bonds. The fourth-order valence-electron chi connectivity index (χ4n) is 3.43. The lowest BCUT2D eigenvalue weighted by Gasteiger charge is -2.37. The van der Waals surface area contributed by atoms with E-state index < -0.39 is 0 Å². The molecule has 1 unspecified atom stereocenters. The molecule has 21 heavy (non-hydrogen) atoms. The Hall–Kier alpha value is -2.00. The molecule has 4 rings (SSSR count). The number of nitrogens with one attached hydrogen (secondary N) is 1. The van der Waals surface area contributed by atoms with Gasteiger partial charge in [-0.05, 0) is 29.7 Å². The number of ether oxygens (including phenoxy) is 1. The van der Waals surface area contributed by atoms with Crippen molar-refractivity contribution in [2.75, 3.05) is 24.6 Å². The van der Waals surface area contributed by atoms with Crippen molar-refractivity contribution in [1.29, 1.82) is 0 Å². The fourth-order valence-corrected chi connectivity index (χ4v) is 3.43. The van der Waals surface area contributed by atoms with E-state index in [0.717, 1.165) is 38.4 Å². The van der Waals surface area contributed by atoms with Crippen molar-refractivity contribution in [2.24, 2.45) is 0 Å². The standard InChI is InChI=1S/C18H20N2O/c1-2-7-15-14(6-1)12-19-13-17(15)20-10-5-11-21-18-9-4-3-8-16(18)20/h1-4,6-9,17,19H,5,10-13H2. The van der Waals surface area contributed by atoms with E-state index in [2.05, 4.69) is 58.7 Å². The van der Waals surface area contributed by atoms with Crippen LogP contribution in [0, 0.1) is 0 Å². The zero-order chi connectivity index (χ0) is 14.1. The third kappa shape index (κ3) is 2.28. The molecule has 0 fully saturated rings. The molecule has 1 N–H and O–H groups in total. The Bertz CT molecular complexity index is 641. The number of hydrogen-bond acceptors (Lipinski definition) is 3. The number of rotatable bonds is 1. The Morgan fingerprint density at radius 3 is 2.90 bits per heavy atom. The third-order valence-electron chi connectivity index (χ3n) is 4.42. The van der Waals surface area contributed by atoms with Crippen LogP contribution in [0.5, 0.6) is 5.75 Å². The second-order valence-corrected chi connectivity index (χ2v) is 5.71. The first-order valence-corrected chi connectivity index (χ1v) is 7.70. The van der Waals surface area contributed by atoms with E-state index in [1.807, 2.05) is 0 Å². The van der Waals surface area contributed by atoms with Gasteiger partial charge in [0, 0.05) is 19.6 Å². The molecule has 2 aliphatic heterocycles. The van der Waals surface area contributed by atoms with Crippen molar-refractivity contribution in [3.63, 3.8) is 0 Å². The molecule has 1 atom stereocenters. The van der Waals surface area contributed by atoms with E-state index in [-0.39, 0.29) is 0 Å². The van der Waals surface area contributed by atoms with Crippen LogP contribution in [0.3, 0.4) is 0 Å². The highest BCUT2D eigenvalue weighted by atomic mass is 16.5. The summed E-state index contributed by atoms with van der Waals surface area (Å²) in [5.41, 5.74) is 4.09. The van der Waals surface area contributed by atoms with Crippen molar-refractivity contribution in [1.82, 2.24) is 5.32 Å². The summed E-state index contributed by atoms with van der Waals surface area (Å²) >= 11 is 0. The molecule has 0 saturated heterocycles. The van der Waals surface area contributed by atoms with E-state index in [9.17, 15) is 0 Å². The molecule has 3 nitrogen and oxygen atoms in total. The zero-order valence-electron chi connectivity index (χ0n) is 12.1. The number of benzene rings is 2. The number of anilines is 1. The van der Waals surface area contributed by atoms with Gasteiger partial charge < -0.3 is 15.0 Å². The van der Waals surface area contributed by atoms with Crippen LogP contribution in [0.15, 0.2) is 48.5 Å². The monoisotopic (exact) mass is 280 g/mol. The van der Waals surface area contributed by atoms with Gasteiger partial charge in [0.1, 0.15) is 5.75 Å². The Kier molecular flexibility index (Phi) is 3.28. The molecular formula is C18H20N2O. The first kappa shape index (κ1) is 12.7. The van der Waals surface area contributed by atoms with Gasteiger partial charge in [-0.2, -0.15) is 0 Å². The quantitative estimate of drug-likeness (QED) is 0.868. The Morgan fingerprint density at radius 1 is 1.05 bits per heavy atom. The first-order chi connectivity index (χ1) is 10.4. The number of fused-ring (bicyclic) bond motifs is 2. The lowest BCUT2D eigenvalue weighted by Crippen LogP contribution is -2.40. The minimum atomic E-state index is 0.387. The highest BCUT2D eigenvalue weighted by Gasteiger charge is 2.28. The summed E-state index contributed by atoms with van der Waals surface area (Å²) in [6.07, 6.45) is 1.06. The molecule has 0 saturated carbocycles. The van der Waals surface area contributed by atoms with Crippen LogP contribution < -0.4 is 15.0 Å². The molecule has 2 aromatic carbocycles. The van der Waals surface area contributed by atoms with E-state index in [1.54, 1.807) is 0 Å². The molecule has 0 bridgehead atoms. The smallest absolute Gasteiger partial charge is 0.142 e. The molecule has 108 valence electrons. The van der Waals surface area contributed by atoms with Gasteiger partial charge in [0.15, 0.2) is 0 Å². The summed E-state index contributed by atoms with van der Waals surface area (Å²) in [4.78, 5) is 2.51. The zero-order valence-corrected chi connectivity index (χ0v) is 12.1. The van der Waals surface area contributed by atoms with Gasteiger partial charge in [0.05, 0.1) is 18.3 Å². The lowest BCUT2D eigenvalue weighted by atomic mass is 9.95. The molecule has 3 heteroatoms. The molecular weight excluding hydrogens is 260 g/mol. The van der Waals surface area contributed by atoms with Crippen molar-refractivity contribution in [3.8, 4) is 5.75 Å². The van der Waals surface area contributed by atoms with Gasteiger partial charge in [-0.15, -0.1) is 0 Å². The van der Waals surface area contributed by atoms with Gasteiger partial charge in [-0.1, -0.05) is 36.4 Å². The van der Waals surface area contributed by atoms with Gasteiger partial charge in [-0.25, -0.2) is 0 Å². The second-order valence-electron chi connectivity index (χ2n) is 5.71. The summed E-state index contributed by atoms with van der Waals surface area (Å²) < 4.78 is 5.90. The summed E-state index contributed by atoms with van der Waals surface area (Å²) in [6.45, 7) is 3.80. The van der Waals surface area contributed by atoms with Crippen LogP contribution in [0.1, 0.15) is 23.6 Å². The molecule has 0 radical (unpaired) electrons. The average Bonchev–Trinajstić information content (AvgIpc) is 2.77. The number of para-hydroxylation sites is 2. The molecule has 2 heterocycles. The summed E-state index contributed by atoms with van der Waals surface area (Å²) in [6, 6.07) is 17.6. The Labute approximate surface area is 125 Å². The minimum Gasteiger partial charge on any atom is -0.491 e. The average molecular weight is 280 g/mol. The minimum absolute atomic E-state index is 0.387. The number of nitrogens with zero attached hydrogens (tertiary/aromatic N) is 1. The predicted molar refractivity (Wildman–Crippen MR) is 84.8 cm³/mol. The van der Waals surface area contributed by atoms with Gasteiger partial charge in [0.25, 0.3) is 0 Å². The normalized spacial score (nSPS) is 21.0. The maximum Gasteiger partial charge on any atom is 0.142 e. The van der Waals surface area contributed by atoms with Crippen molar-refractivity contribution < 1.29 is 4.74 Å². The predicted octanol–water partition coefficient (Wildman–Crippen LogP) is 3.12. The van der Waals surface area contributed by atoms with Crippen molar-refractivity contribution in [2.45, 2.75) is 19.0 Å². The molecule has 0 spiro atoms. The molecule has 2 aromatic rings. The molecule has 0 aliphatic carbocycles. The highest BCUT2D eigenvalue weighted by molar-refractivity contribution is 5.61. The summed E-state index contributed by atoms with van der Waals surface area (Å²) in [7, 11) is 0. The van der Waals surface area contributed by atoms with E-state index >= 15 is 0 Å². The molecule has 0 aromatic heterocycles.